The maximum Gasteiger partial charge on any atom is 0.345 e. The lowest BCUT2D eigenvalue weighted by molar-refractivity contribution is 0.0689. The van der Waals surface area contributed by atoms with Crippen LogP contribution in [0.5, 0.6) is 5.75 Å². The summed E-state index contributed by atoms with van der Waals surface area (Å²) in [6, 6.07) is 22.2. The van der Waals surface area contributed by atoms with E-state index in [0.29, 0.717) is 11.0 Å². The van der Waals surface area contributed by atoms with Gasteiger partial charge in [0.25, 0.3) is 5.56 Å². The summed E-state index contributed by atoms with van der Waals surface area (Å²) in [6.07, 6.45) is 1.56. The highest BCUT2D eigenvalue weighted by Crippen LogP contribution is 2.27. The minimum atomic E-state index is -1.34. The van der Waals surface area contributed by atoms with Crippen molar-refractivity contribution in [3.05, 3.63) is 106 Å². The summed E-state index contributed by atoms with van der Waals surface area (Å²) < 4.78 is 7.25. The summed E-state index contributed by atoms with van der Waals surface area (Å²) in [7, 11) is 0. The Bertz CT molecular complexity index is 1220. The van der Waals surface area contributed by atoms with Crippen molar-refractivity contribution >= 4 is 17.0 Å². The fourth-order valence-corrected chi connectivity index (χ4v) is 3.23. The molecule has 2 aromatic carbocycles. The highest BCUT2D eigenvalue weighted by molar-refractivity contribution is 5.97. The number of benzene rings is 2. The van der Waals surface area contributed by atoms with Crippen molar-refractivity contribution in [3.8, 4) is 5.75 Å². The average molecular weight is 386 g/mol. The maximum atomic E-state index is 13.1. The molecular formula is C23H18N2O4. The van der Waals surface area contributed by atoms with E-state index in [4.69, 9.17) is 4.74 Å². The molecule has 144 valence electrons. The third kappa shape index (κ3) is 3.73. The molecule has 2 aromatic heterocycles. The molecule has 0 saturated heterocycles. The van der Waals surface area contributed by atoms with E-state index in [2.05, 4.69) is 4.98 Å². The van der Waals surface area contributed by atoms with E-state index in [9.17, 15) is 14.7 Å². The van der Waals surface area contributed by atoms with Crippen molar-refractivity contribution < 1.29 is 14.6 Å². The van der Waals surface area contributed by atoms with Crippen molar-refractivity contribution in [1.82, 2.24) is 9.55 Å². The molecule has 0 unspecified atom stereocenters. The first-order chi connectivity index (χ1) is 14.1. The summed E-state index contributed by atoms with van der Waals surface area (Å²) in [4.78, 5) is 29.4. The van der Waals surface area contributed by atoms with Gasteiger partial charge >= 0.3 is 5.97 Å². The first-order valence-corrected chi connectivity index (χ1v) is 9.10. The Hall–Kier alpha value is -3.93. The van der Waals surface area contributed by atoms with Crippen LogP contribution in [0.2, 0.25) is 0 Å². The number of carboxylic acid groups (broad SMARTS) is 1. The Labute approximate surface area is 166 Å². The predicted octanol–water partition coefficient (Wildman–Crippen LogP) is 3.72. The van der Waals surface area contributed by atoms with E-state index < -0.39 is 17.1 Å². The molecule has 0 fully saturated rings. The topological polar surface area (TPSA) is 81.4 Å². The van der Waals surface area contributed by atoms with Crippen LogP contribution in [0.15, 0.2) is 83.8 Å². The first-order valence-electron chi connectivity index (χ1n) is 9.10. The fourth-order valence-electron chi connectivity index (χ4n) is 3.23. The van der Waals surface area contributed by atoms with Gasteiger partial charge in [-0.3, -0.25) is 9.78 Å². The van der Waals surface area contributed by atoms with Crippen LogP contribution in [0.25, 0.3) is 11.0 Å². The van der Waals surface area contributed by atoms with E-state index >= 15 is 0 Å². The molecule has 0 atom stereocenters. The second-order valence-electron chi connectivity index (χ2n) is 6.53. The average Bonchev–Trinajstić information content (AvgIpc) is 2.75. The van der Waals surface area contributed by atoms with Crippen LogP contribution in [0.1, 0.15) is 21.5 Å². The highest BCUT2D eigenvalue weighted by atomic mass is 16.5. The van der Waals surface area contributed by atoms with Crippen LogP contribution >= 0.6 is 0 Å². The zero-order chi connectivity index (χ0) is 20.2. The molecule has 6 nitrogen and oxygen atoms in total. The Morgan fingerprint density at radius 1 is 0.931 bits per heavy atom. The second-order valence-corrected chi connectivity index (χ2v) is 6.53. The number of aromatic carboxylic acids is 1. The Balaban J connectivity index is 1.87. The second kappa shape index (κ2) is 7.98. The molecule has 4 aromatic rings. The number of ether oxygens (including phenoxy) is 1. The van der Waals surface area contributed by atoms with Crippen molar-refractivity contribution in [2.45, 2.75) is 13.2 Å². The van der Waals surface area contributed by atoms with Gasteiger partial charge in [0.1, 0.15) is 12.1 Å². The fraction of sp³-hybridized carbons (Fsp3) is 0.0870. The standard InChI is InChI=1S/C23H18N2O4/c26-22-19(23(27)28)21(29-15-17-10-5-2-6-11-17)20-18(12-7-13-24-20)25(22)14-16-8-3-1-4-9-16/h1-13H,14-15H2,(H,27,28). The van der Waals surface area contributed by atoms with Crippen molar-refractivity contribution in [1.29, 1.82) is 0 Å². The lowest BCUT2D eigenvalue weighted by Gasteiger charge is -2.16. The quantitative estimate of drug-likeness (QED) is 0.546. The minimum Gasteiger partial charge on any atom is -0.485 e. The van der Waals surface area contributed by atoms with Gasteiger partial charge in [0, 0.05) is 6.20 Å². The van der Waals surface area contributed by atoms with E-state index in [0.717, 1.165) is 11.1 Å². The number of aromatic nitrogens is 2. The van der Waals surface area contributed by atoms with Gasteiger partial charge in [-0.05, 0) is 23.3 Å². The number of nitrogens with zero attached hydrogens (tertiary/aromatic N) is 2. The van der Waals surface area contributed by atoms with Gasteiger partial charge in [0.05, 0.1) is 12.1 Å². The van der Waals surface area contributed by atoms with Crippen LogP contribution in [0, 0.1) is 0 Å². The number of rotatable bonds is 6. The molecule has 0 spiro atoms. The summed E-state index contributed by atoms with van der Waals surface area (Å²) in [5.74, 6) is -1.35. The van der Waals surface area contributed by atoms with Gasteiger partial charge in [0.15, 0.2) is 11.3 Å². The number of carbonyl (C=O) groups is 1. The molecule has 2 heterocycles. The number of hydrogen-bond acceptors (Lipinski definition) is 4. The lowest BCUT2D eigenvalue weighted by atomic mass is 10.1. The van der Waals surface area contributed by atoms with Crippen LogP contribution in [0.3, 0.4) is 0 Å². The number of hydrogen-bond donors (Lipinski definition) is 1. The van der Waals surface area contributed by atoms with Crippen molar-refractivity contribution in [3.63, 3.8) is 0 Å². The molecule has 1 N–H and O–H groups in total. The summed E-state index contributed by atoms with van der Waals surface area (Å²) >= 11 is 0. The molecule has 0 amide bonds. The molecule has 0 bridgehead atoms. The van der Waals surface area contributed by atoms with Gasteiger partial charge < -0.3 is 14.4 Å². The monoisotopic (exact) mass is 386 g/mol. The zero-order valence-corrected chi connectivity index (χ0v) is 15.5. The summed E-state index contributed by atoms with van der Waals surface area (Å²) in [6.45, 7) is 0.371. The molecule has 0 saturated carbocycles. The zero-order valence-electron chi connectivity index (χ0n) is 15.5. The van der Waals surface area contributed by atoms with Gasteiger partial charge in [-0.1, -0.05) is 60.7 Å². The Morgan fingerprint density at radius 3 is 2.24 bits per heavy atom. The minimum absolute atomic E-state index is 0.00809. The van der Waals surface area contributed by atoms with Gasteiger partial charge in [-0.15, -0.1) is 0 Å². The van der Waals surface area contributed by atoms with Gasteiger partial charge in [0.2, 0.25) is 0 Å². The SMILES string of the molecule is O=C(O)c1c(OCc2ccccc2)c2ncccc2n(Cc2ccccc2)c1=O. The van der Waals surface area contributed by atoms with Crippen LogP contribution in [-0.2, 0) is 13.2 Å². The number of fused-ring (bicyclic) bond motifs is 1. The highest BCUT2D eigenvalue weighted by Gasteiger charge is 2.24. The van der Waals surface area contributed by atoms with Gasteiger partial charge in [-0.25, -0.2) is 4.79 Å². The number of carboxylic acids is 1. The largest absolute Gasteiger partial charge is 0.485 e. The van der Waals surface area contributed by atoms with Crippen LogP contribution in [0.4, 0.5) is 0 Å². The normalized spacial score (nSPS) is 10.8. The Morgan fingerprint density at radius 2 is 1.59 bits per heavy atom. The van der Waals surface area contributed by atoms with Crippen LogP contribution in [-0.4, -0.2) is 20.6 Å². The van der Waals surface area contributed by atoms with Crippen molar-refractivity contribution in [2.75, 3.05) is 0 Å². The molecule has 6 heteroatoms. The van der Waals surface area contributed by atoms with E-state index in [1.807, 2.05) is 60.7 Å². The van der Waals surface area contributed by atoms with E-state index in [-0.39, 0.29) is 18.9 Å². The third-order valence-corrected chi connectivity index (χ3v) is 4.60. The maximum absolute atomic E-state index is 13.1. The Kier molecular flexibility index (Phi) is 5.07. The van der Waals surface area contributed by atoms with Gasteiger partial charge in [-0.2, -0.15) is 0 Å². The molecule has 0 aliphatic carbocycles. The molecule has 29 heavy (non-hydrogen) atoms. The summed E-state index contributed by atoms with van der Waals surface area (Å²) in [5, 5.41) is 9.77. The smallest absolute Gasteiger partial charge is 0.345 e. The van der Waals surface area contributed by atoms with E-state index in [1.54, 1.807) is 18.3 Å². The van der Waals surface area contributed by atoms with Crippen LogP contribution < -0.4 is 10.3 Å². The molecule has 0 aliphatic rings. The molecule has 4 rings (SSSR count). The molecule has 0 radical (unpaired) electrons. The first kappa shape index (κ1) is 18.4. The third-order valence-electron chi connectivity index (χ3n) is 4.60. The summed E-state index contributed by atoms with van der Waals surface area (Å²) in [5.41, 5.74) is 1.58. The van der Waals surface area contributed by atoms with E-state index in [1.165, 1.54) is 4.57 Å². The molecule has 0 aliphatic heterocycles. The predicted molar refractivity (Wildman–Crippen MR) is 109 cm³/mol. The lowest BCUT2D eigenvalue weighted by Crippen LogP contribution is -2.28. The number of pyridine rings is 2. The molecular weight excluding hydrogens is 368 g/mol. The van der Waals surface area contributed by atoms with Crippen molar-refractivity contribution in [2.24, 2.45) is 0 Å².